The molecule has 21 heavy (non-hydrogen) atoms. The molecule has 8 heteroatoms. The highest BCUT2D eigenvalue weighted by atomic mass is 16.6. The van der Waals surface area contributed by atoms with Crippen molar-refractivity contribution in [2.24, 2.45) is 5.92 Å². The van der Waals surface area contributed by atoms with Crippen molar-refractivity contribution < 1.29 is 19.4 Å². The molecule has 1 saturated heterocycles. The summed E-state index contributed by atoms with van der Waals surface area (Å²) in [6.07, 6.45) is -0.343. The molecule has 0 saturated carbocycles. The number of H-pyrrole nitrogens is 1. The zero-order valence-electron chi connectivity index (χ0n) is 12.6. The van der Waals surface area contributed by atoms with Gasteiger partial charge in [-0.1, -0.05) is 6.92 Å². The van der Waals surface area contributed by atoms with Gasteiger partial charge in [-0.25, -0.2) is 9.59 Å². The molecule has 0 bridgehead atoms. The number of hydrogen-bond donors (Lipinski definition) is 2. The summed E-state index contributed by atoms with van der Waals surface area (Å²) in [5.41, 5.74) is -0.148. The number of amides is 1. The zero-order valence-corrected chi connectivity index (χ0v) is 12.6. The van der Waals surface area contributed by atoms with Gasteiger partial charge in [-0.05, 0) is 20.8 Å². The Bertz CT molecular complexity index is 543. The van der Waals surface area contributed by atoms with Crippen molar-refractivity contribution in [3.05, 3.63) is 11.4 Å². The second kappa shape index (κ2) is 5.34. The smallest absolute Gasteiger partial charge is 0.410 e. The van der Waals surface area contributed by atoms with Gasteiger partial charge in [0.15, 0.2) is 5.69 Å². The average Bonchev–Trinajstić information content (AvgIpc) is 2.72. The van der Waals surface area contributed by atoms with Gasteiger partial charge >= 0.3 is 12.1 Å². The van der Waals surface area contributed by atoms with E-state index in [4.69, 9.17) is 9.84 Å². The van der Waals surface area contributed by atoms with Crippen LogP contribution >= 0.6 is 0 Å². The van der Waals surface area contributed by atoms with Crippen LogP contribution < -0.4 is 0 Å². The predicted molar refractivity (Wildman–Crippen MR) is 73.1 cm³/mol. The first-order valence-corrected chi connectivity index (χ1v) is 6.81. The lowest BCUT2D eigenvalue weighted by Crippen LogP contribution is -2.53. The maximum Gasteiger partial charge on any atom is 0.410 e. The van der Waals surface area contributed by atoms with Crippen LogP contribution in [0.15, 0.2) is 0 Å². The van der Waals surface area contributed by atoms with E-state index in [-0.39, 0.29) is 23.6 Å². The molecule has 2 N–H and O–H groups in total. The van der Waals surface area contributed by atoms with Crippen molar-refractivity contribution in [3.63, 3.8) is 0 Å². The Kier molecular flexibility index (Phi) is 3.89. The molecule has 1 amide bonds. The van der Waals surface area contributed by atoms with Gasteiger partial charge in [0.25, 0.3) is 0 Å². The van der Waals surface area contributed by atoms with E-state index < -0.39 is 11.6 Å². The van der Waals surface area contributed by atoms with Gasteiger partial charge in [-0.2, -0.15) is 10.3 Å². The molecule has 1 aromatic heterocycles. The molecule has 116 valence electrons. The van der Waals surface area contributed by atoms with Crippen LogP contribution in [0.5, 0.6) is 0 Å². The Labute approximate surface area is 122 Å². The lowest BCUT2D eigenvalue weighted by atomic mass is 9.84. The molecule has 1 aliphatic rings. The van der Waals surface area contributed by atoms with Crippen LogP contribution in [0.4, 0.5) is 4.79 Å². The molecule has 1 unspecified atom stereocenters. The van der Waals surface area contributed by atoms with Crippen LogP contribution in [0.1, 0.15) is 49.8 Å². The number of aromatic carboxylic acids is 1. The molecule has 2 rings (SSSR count). The second-order valence-corrected chi connectivity index (χ2v) is 6.30. The lowest BCUT2D eigenvalue weighted by Gasteiger charge is -2.42. The zero-order chi connectivity index (χ0) is 15.8. The van der Waals surface area contributed by atoms with Gasteiger partial charge in [-0.3, -0.25) is 0 Å². The van der Waals surface area contributed by atoms with Crippen molar-refractivity contribution in [1.29, 1.82) is 0 Å². The second-order valence-electron chi connectivity index (χ2n) is 6.30. The van der Waals surface area contributed by atoms with Gasteiger partial charge in [0.2, 0.25) is 0 Å². The van der Waals surface area contributed by atoms with Crippen molar-refractivity contribution in [2.45, 2.75) is 39.2 Å². The third-order valence-electron chi connectivity index (χ3n) is 3.48. The van der Waals surface area contributed by atoms with Crippen LogP contribution in [0.2, 0.25) is 0 Å². The molecular formula is C13H20N4O4. The van der Waals surface area contributed by atoms with E-state index >= 15 is 0 Å². The van der Waals surface area contributed by atoms with Gasteiger partial charge in [0, 0.05) is 24.9 Å². The summed E-state index contributed by atoms with van der Waals surface area (Å²) in [6.45, 7) is 8.41. The summed E-state index contributed by atoms with van der Waals surface area (Å²) >= 11 is 0. The number of ether oxygens (including phenoxy) is 1. The lowest BCUT2D eigenvalue weighted by molar-refractivity contribution is -0.00449. The van der Waals surface area contributed by atoms with E-state index in [1.54, 1.807) is 4.90 Å². The Morgan fingerprint density at radius 1 is 1.38 bits per heavy atom. The topological polar surface area (TPSA) is 108 Å². The number of carboxylic acid groups (broad SMARTS) is 1. The van der Waals surface area contributed by atoms with Crippen molar-refractivity contribution in [3.8, 4) is 0 Å². The quantitative estimate of drug-likeness (QED) is 0.874. The summed E-state index contributed by atoms with van der Waals surface area (Å²) in [5.74, 6) is -1.04. The maximum absolute atomic E-state index is 11.8. The number of likely N-dealkylation sites (tertiary alicyclic amines) is 1. The Hall–Kier alpha value is -2.12. The summed E-state index contributed by atoms with van der Waals surface area (Å²) in [7, 11) is 0. The van der Waals surface area contributed by atoms with Gasteiger partial charge in [0.05, 0.1) is 0 Å². The highest BCUT2D eigenvalue weighted by molar-refractivity contribution is 5.86. The van der Waals surface area contributed by atoms with E-state index in [1.165, 1.54) is 0 Å². The first-order valence-electron chi connectivity index (χ1n) is 6.81. The third-order valence-corrected chi connectivity index (χ3v) is 3.48. The fraction of sp³-hybridized carbons (Fsp3) is 0.692. The monoisotopic (exact) mass is 296 g/mol. The fourth-order valence-corrected chi connectivity index (χ4v) is 2.24. The number of carbonyl (C=O) groups is 2. The largest absolute Gasteiger partial charge is 0.476 e. The number of hydrogen-bond acceptors (Lipinski definition) is 5. The minimum absolute atomic E-state index is 0.0572. The number of carbonyl (C=O) groups excluding carboxylic acids is 1. The third kappa shape index (κ3) is 3.32. The number of aromatic nitrogens is 3. The van der Waals surface area contributed by atoms with E-state index in [0.717, 1.165) is 0 Å². The summed E-state index contributed by atoms with van der Waals surface area (Å²) in [4.78, 5) is 24.5. The van der Waals surface area contributed by atoms with E-state index in [1.807, 2.05) is 27.7 Å². The summed E-state index contributed by atoms with van der Waals surface area (Å²) in [6, 6.07) is 0. The summed E-state index contributed by atoms with van der Waals surface area (Å²) in [5, 5.41) is 18.9. The molecule has 0 aromatic carbocycles. The Morgan fingerprint density at radius 3 is 2.52 bits per heavy atom. The Morgan fingerprint density at radius 2 is 2.00 bits per heavy atom. The molecule has 1 aliphatic heterocycles. The van der Waals surface area contributed by atoms with Crippen LogP contribution in [0.3, 0.4) is 0 Å². The van der Waals surface area contributed by atoms with E-state index in [2.05, 4.69) is 15.4 Å². The molecule has 0 spiro atoms. The fourth-order valence-electron chi connectivity index (χ4n) is 2.24. The molecule has 1 fully saturated rings. The minimum Gasteiger partial charge on any atom is -0.476 e. The van der Waals surface area contributed by atoms with Gasteiger partial charge < -0.3 is 14.7 Å². The average molecular weight is 296 g/mol. The normalized spacial score (nSPS) is 17.2. The van der Waals surface area contributed by atoms with Crippen molar-refractivity contribution in [1.82, 2.24) is 20.3 Å². The number of nitrogens with one attached hydrogen (secondary N) is 1. The number of carboxylic acids is 1. The highest BCUT2D eigenvalue weighted by Crippen LogP contribution is 2.32. The van der Waals surface area contributed by atoms with Crippen LogP contribution in [0.25, 0.3) is 0 Å². The van der Waals surface area contributed by atoms with Crippen LogP contribution in [0, 0.1) is 5.92 Å². The minimum atomic E-state index is -1.10. The van der Waals surface area contributed by atoms with E-state index in [0.29, 0.717) is 18.8 Å². The molecule has 2 heterocycles. The SMILES string of the molecule is CC(c1n[nH]nc1C(=O)O)C1CN(C(=O)OC(C)(C)C)C1. The molecular weight excluding hydrogens is 276 g/mol. The van der Waals surface area contributed by atoms with Crippen molar-refractivity contribution in [2.75, 3.05) is 13.1 Å². The number of nitrogens with zero attached hydrogens (tertiary/aromatic N) is 3. The molecule has 1 aromatic rings. The maximum atomic E-state index is 11.8. The standard InChI is InChI=1S/C13H20N4O4/c1-7(9-10(11(18)19)15-16-14-9)8-5-17(6-8)12(20)21-13(2,3)4/h7-8H,5-6H2,1-4H3,(H,18,19)(H,14,15,16). The van der Waals surface area contributed by atoms with Gasteiger partial charge in [0.1, 0.15) is 11.3 Å². The van der Waals surface area contributed by atoms with Gasteiger partial charge in [-0.15, -0.1) is 5.10 Å². The molecule has 8 nitrogen and oxygen atoms in total. The number of aromatic amines is 1. The Balaban J connectivity index is 1.94. The van der Waals surface area contributed by atoms with Crippen LogP contribution in [-0.2, 0) is 4.74 Å². The molecule has 0 aliphatic carbocycles. The predicted octanol–water partition coefficient (Wildman–Crippen LogP) is 1.47. The van der Waals surface area contributed by atoms with Crippen LogP contribution in [-0.4, -0.2) is 56.2 Å². The molecule has 1 atom stereocenters. The molecule has 0 radical (unpaired) electrons. The summed E-state index contributed by atoms with van der Waals surface area (Å²) < 4.78 is 5.28. The first-order chi connectivity index (χ1) is 9.69. The number of rotatable bonds is 3. The highest BCUT2D eigenvalue weighted by Gasteiger charge is 2.39. The van der Waals surface area contributed by atoms with E-state index in [9.17, 15) is 9.59 Å². The first kappa shape index (κ1) is 15.3. The van der Waals surface area contributed by atoms with Crippen molar-refractivity contribution >= 4 is 12.1 Å².